The summed E-state index contributed by atoms with van der Waals surface area (Å²) in [5, 5.41) is 5.53. The van der Waals surface area contributed by atoms with E-state index in [1.807, 2.05) is 20.8 Å². The van der Waals surface area contributed by atoms with Crippen molar-refractivity contribution in [2.24, 2.45) is 10.7 Å². The molecule has 0 bridgehead atoms. The number of amides is 2. The number of halogens is 2. The van der Waals surface area contributed by atoms with Crippen molar-refractivity contribution < 1.29 is 23.1 Å². The summed E-state index contributed by atoms with van der Waals surface area (Å²) in [6, 6.07) is 7.41. The first-order valence-corrected chi connectivity index (χ1v) is 11.5. The van der Waals surface area contributed by atoms with E-state index in [4.69, 9.17) is 10.5 Å². The smallest absolute Gasteiger partial charge is 0.251 e. The summed E-state index contributed by atoms with van der Waals surface area (Å²) in [7, 11) is 1.51. The molecule has 4 N–H and O–H groups in total. The summed E-state index contributed by atoms with van der Waals surface area (Å²) in [5.74, 6) is -2.62. The largest absolute Gasteiger partial charge is 0.456 e. The molecule has 0 radical (unpaired) electrons. The number of aliphatic imine (C=N–C) groups is 1. The van der Waals surface area contributed by atoms with Crippen molar-refractivity contribution >= 4 is 28.9 Å². The Morgan fingerprint density at radius 2 is 1.89 bits per heavy atom. The standard InChI is InChI=1S/C27H29F2N5O3/c1-15-23(37-22-8-9-32-21-7-6-16(10-19(21)22)26(36)31-5)12-20(28)18(25(15)29)11-24(35)34-17(13-30)14-33-27(2,3)4/h6-10,12-14H,11,30H2,1-5H3,(H,31,36)(H,34,35)/b17-13+,33-14?. The monoisotopic (exact) mass is 509 g/mol. The zero-order valence-corrected chi connectivity index (χ0v) is 21.3. The Morgan fingerprint density at radius 1 is 1.16 bits per heavy atom. The van der Waals surface area contributed by atoms with E-state index in [9.17, 15) is 14.0 Å². The highest BCUT2D eigenvalue weighted by molar-refractivity contribution is 5.99. The average molecular weight is 510 g/mol. The van der Waals surface area contributed by atoms with Crippen LogP contribution in [0.5, 0.6) is 11.5 Å². The van der Waals surface area contributed by atoms with Crippen LogP contribution in [-0.4, -0.2) is 35.6 Å². The van der Waals surface area contributed by atoms with Gasteiger partial charge >= 0.3 is 0 Å². The van der Waals surface area contributed by atoms with E-state index in [0.29, 0.717) is 16.5 Å². The third-order valence-electron chi connectivity index (χ3n) is 5.31. The van der Waals surface area contributed by atoms with Crippen LogP contribution in [-0.2, 0) is 11.2 Å². The topological polar surface area (TPSA) is 119 Å². The third-order valence-corrected chi connectivity index (χ3v) is 5.31. The van der Waals surface area contributed by atoms with Gasteiger partial charge in [-0.1, -0.05) is 0 Å². The van der Waals surface area contributed by atoms with Gasteiger partial charge in [0, 0.05) is 53.8 Å². The van der Waals surface area contributed by atoms with Crippen molar-refractivity contribution in [1.82, 2.24) is 15.6 Å². The first-order valence-electron chi connectivity index (χ1n) is 11.5. The second-order valence-electron chi connectivity index (χ2n) is 9.27. The summed E-state index contributed by atoms with van der Waals surface area (Å²) < 4.78 is 36.0. The molecule has 3 rings (SSSR count). The SMILES string of the molecule is CNC(=O)c1ccc2nccc(Oc3cc(F)c(CC(=O)N/C(C=NC(C)(C)C)=C/N)c(F)c3C)c2c1. The Kier molecular flexibility index (Phi) is 8.21. The fourth-order valence-corrected chi connectivity index (χ4v) is 3.38. The summed E-state index contributed by atoms with van der Waals surface area (Å²) in [4.78, 5) is 33.0. The highest BCUT2D eigenvalue weighted by atomic mass is 19.1. The number of hydrogen-bond acceptors (Lipinski definition) is 6. The predicted octanol–water partition coefficient (Wildman–Crippen LogP) is 4.30. The number of allylic oxidation sites excluding steroid dienone is 1. The zero-order chi connectivity index (χ0) is 27.3. The van der Waals surface area contributed by atoms with Crippen molar-refractivity contribution in [3.8, 4) is 11.5 Å². The highest BCUT2D eigenvalue weighted by Gasteiger charge is 2.21. The Hall–Kier alpha value is -4.34. The van der Waals surface area contributed by atoms with E-state index < -0.39 is 35.1 Å². The molecule has 0 unspecified atom stereocenters. The van der Waals surface area contributed by atoms with Crippen LogP contribution in [0.1, 0.15) is 42.3 Å². The number of nitrogens with two attached hydrogens (primary N) is 1. The lowest BCUT2D eigenvalue weighted by Gasteiger charge is -2.15. The number of benzene rings is 2. The van der Waals surface area contributed by atoms with Crippen molar-refractivity contribution in [1.29, 1.82) is 0 Å². The molecule has 0 saturated carbocycles. The fraction of sp³-hybridized carbons (Fsp3) is 0.259. The van der Waals surface area contributed by atoms with E-state index in [1.165, 1.54) is 32.4 Å². The third kappa shape index (κ3) is 6.66. The van der Waals surface area contributed by atoms with Crippen LogP contribution in [0, 0.1) is 18.6 Å². The molecule has 1 heterocycles. The molecule has 0 aliphatic carbocycles. The number of ether oxygens (including phenoxy) is 1. The van der Waals surface area contributed by atoms with Gasteiger partial charge in [-0.3, -0.25) is 19.6 Å². The number of fused-ring (bicyclic) bond motifs is 1. The molecule has 2 aromatic carbocycles. The summed E-state index contributed by atoms with van der Waals surface area (Å²) in [6.07, 6.45) is 3.47. The first kappa shape index (κ1) is 27.3. The van der Waals surface area contributed by atoms with Gasteiger partial charge in [-0.15, -0.1) is 0 Å². The van der Waals surface area contributed by atoms with E-state index in [1.54, 1.807) is 18.2 Å². The van der Waals surface area contributed by atoms with Crippen LogP contribution in [0.15, 0.2) is 53.4 Å². The second kappa shape index (κ2) is 11.2. The maximum atomic E-state index is 15.2. The van der Waals surface area contributed by atoms with Crippen LogP contribution < -0.4 is 21.1 Å². The number of carbonyl (C=O) groups is 2. The van der Waals surface area contributed by atoms with Crippen LogP contribution in [0.4, 0.5) is 8.78 Å². The molecular formula is C27H29F2N5O3. The predicted molar refractivity (Wildman–Crippen MR) is 139 cm³/mol. The van der Waals surface area contributed by atoms with Crippen LogP contribution in [0.3, 0.4) is 0 Å². The number of nitrogens with zero attached hydrogens (tertiary/aromatic N) is 2. The minimum Gasteiger partial charge on any atom is -0.456 e. The van der Waals surface area contributed by atoms with Crippen molar-refractivity contribution in [2.75, 3.05) is 7.05 Å². The molecule has 0 saturated heterocycles. The number of carbonyl (C=O) groups excluding carboxylic acids is 2. The normalized spacial score (nSPS) is 12.1. The Morgan fingerprint density at radius 3 is 2.54 bits per heavy atom. The van der Waals surface area contributed by atoms with Crippen LogP contribution in [0.2, 0.25) is 0 Å². The Bertz CT molecular complexity index is 1410. The number of nitrogens with one attached hydrogen (secondary N) is 2. The highest BCUT2D eigenvalue weighted by Crippen LogP contribution is 2.34. The molecule has 37 heavy (non-hydrogen) atoms. The molecule has 0 spiro atoms. The second-order valence-corrected chi connectivity index (χ2v) is 9.27. The van der Waals surface area contributed by atoms with Crippen molar-refractivity contribution in [3.63, 3.8) is 0 Å². The molecule has 0 aliphatic rings. The Labute approximate surface area is 213 Å². The number of pyridine rings is 1. The van der Waals surface area contributed by atoms with Crippen LogP contribution in [0.25, 0.3) is 10.9 Å². The maximum absolute atomic E-state index is 15.2. The number of rotatable bonds is 7. The molecule has 0 atom stereocenters. The van der Waals surface area contributed by atoms with Crippen LogP contribution >= 0.6 is 0 Å². The van der Waals surface area contributed by atoms with Gasteiger partial charge in [0.15, 0.2) is 0 Å². The number of hydrogen-bond donors (Lipinski definition) is 3. The van der Waals surface area contributed by atoms with Crippen molar-refractivity contribution in [3.05, 3.63) is 76.8 Å². The molecule has 2 amide bonds. The molecule has 194 valence electrons. The van der Waals surface area contributed by atoms with E-state index >= 15 is 4.39 Å². The zero-order valence-electron chi connectivity index (χ0n) is 21.3. The number of aromatic nitrogens is 1. The molecule has 3 aromatic rings. The Balaban J connectivity index is 1.87. The maximum Gasteiger partial charge on any atom is 0.251 e. The first-order chi connectivity index (χ1) is 17.4. The van der Waals surface area contributed by atoms with E-state index in [0.717, 1.165) is 12.3 Å². The van der Waals surface area contributed by atoms with Gasteiger partial charge in [0.05, 0.1) is 23.2 Å². The lowest BCUT2D eigenvalue weighted by atomic mass is 10.0. The van der Waals surface area contributed by atoms with Gasteiger partial charge in [-0.05, 0) is 52.0 Å². The summed E-state index contributed by atoms with van der Waals surface area (Å²) in [5.41, 5.74) is 5.87. The van der Waals surface area contributed by atoms with E-state index in [-0.39, 0.29) is 28.7 Å². The summed E-state index contributed by atoms with van der Waals surface area (Å²) in [6.45, 7) is 7.02. The summed E-state index contributed by atoms with van der Waals surface area (Å²) >= 11 is 0. The minimum absolute atomic E-state index is 0.0144. The van der Waals surface area contributed by atoms with Gasteiger partial charge in [0.25, 0.3) is 5.91 Å². The van der Waals surface area contributed by atoms with Gasteiger partial charge in [0.1, 0.15) is 23.1 Å². The van der Waals surface area contributed by atoms with Gasteiger partial charge in [-0.25, -0.2) is 8.78 Å². The fourth-order valence-electron chi connectivity index (χ4n) is 3.38. The molecule has 0 fully saturated rings. The van der Waals surface area contributed by atoms with Gasteiger partial charge in [0.2, 0.25) is 5.91 Å². The molecule has 8 nitrogen and oxygen atoms in total. The molecular weight excluding hydrogens is 480 g/mol. The molecule has 0 aliphatic heterocycles. The average Bonchev–Trinajstić information content (AvgIpc) is 2.86. The van der Waals surface area contributed by atoms with Gasteiger partial charge in [-0.2, -0.15) is 0 Å². The minimum atomic E-state index is -0.945. The molecule has 10 heteroatoms. The quantitative estimate of drug-likeness (QED) is 0.411. The van der Waals surface area contributed by atoms with Crippen molar-refractivity contribution in [2.45, 2.75) is 39.7 Å². The molecule has 1 aromatic heterocycles. The van der Waals surface area contributed by atoms with Gasteiger partial charge < -0.3 is 21.1 Å². The lowest BCUT2D eigenvalue weighted by Crippen LogP contribution is -2.27. The van der Waals surface area contributed by atoms with E-state index in [2.05, 4.69) is 20.6 Å². The lowest BCUT2D eigenvalue weighted by molar-refractivity contribution is -0.119.